The Bertz CT molecular complexity index is 1120. The highest BCUT2D eigenvalue weighted by Gasteiger charge is 2.51. The summed E-state index contributed by atoms with van der Waals surface area (Å²) in [6.45, 7) is 1.19. The number of carbonyl (C=O) groups excluding carboxylic acids is 1. The molecular weight excluding hydrogens is 411 g/mol. The van der Waals surface area contributed by atoms with Crippen LogP contribution >= 0.6 is 0 Å². The number of amides is 1. The number of anilines is 1. The maximum atomic E-state index is 15.9. The first kappa shape index (κ1) is 19.4. The van der Waals surface area contributed by atoms with Crippen LogP contribution in [0.3, 0.4) is 0 Å². The van der Waals surface area contributed by atoms with Gasteiger partial charge in [0.2, 0.25) is 0 Å². The maximum Gasteiger partial charge on any atom is 0.261 e. The van der Waals surface area contributed by atoms with Gasteiger partial charge >= 0.3 is 0 Å². The second-order valence-corrected chi connectivity index (χ2v) is 9.19. The number of aromatic nitrogens is 3. The number of alkyl halides is 1. The molecule has 9 heteroatoms. The molecule has 2 atom stereocenters. The van der Waals surface area contributed by atoms with Crippen LogP contribution in [0.15, 0.2) is 24.8 Å². The van der Waals surface area contributed by atoms with Gasteiger partial charge in [-0.2, -0.15) is 5.26 Å². The Kier molecular flexibility index (Phi) is 4.32. The summed E-state index contributed by atoms with van der Waals surface area (Å²) in [5.74, 6) is 1.34. The second-order valence-electron chi connectivity index (χ2n) is 9.19. The molecule has 0 aromatic carbocycles. The molecule has 1 aliphatic carbocycles. The van der Waals surface area contributed by atoms with Gasteiger partial charge in [-0.25, -0.2) is 14.4 Å². The highest BCUT2D eigenvalue weighted by molar-refractivity contribution is 5.86. The van der Waals surface area contributed by atoms with Crippen molar-refractivity contribution in [1.29, 1.82) is 5.26 Å². The first-order valence-corrected chi connectivity index (χ1v) is 11.2. The van der Waals surface area contributed by atoms with Crippen molar-refractivity contribution in [1.82, 2.24) is 19.9 Å². The molecule has 6 rings (SSSR count). The molecule has 2 aromatic heterocycles. The monoisotopic (exact) mass is 434 g/mol. The van der Waals surface area contributed by atoms with Gasteiger partial charge in [-0.05, 0) is 12.8 Å². The zero-order valence-corrected chi connectivity index (χ0v) is 17.6. The lowest BCUT2D eigenvalue weighted by molar-refractivity contribution is -0.146. The molecule has 0 radical (unpaired) electrons. The Hall–Kier alpha value is -3.28. The molecular formula is C23H23FN6O2. The summed E-state index contributed by atoms with van der Waals surface area (Å²) in [6.07, 6.45) is 7.60. The van der Waals surface area contributed by atoms with Crippen molar-refractivity contribution in [3.05, 3.63) is 41.6 Å². The van der Waals surface area contributed by atoms with E-state index < -0.39 is 11.6 Å². The average molecular weight is 434 g/mol. The van der Waals surface area contributed by atoms with Gasteiger partial charge in [0, 0.05) is 68.0 Å². The molecule has 5 heterocycles. The van der Waals surface area contributed by atoms with Gasteiger partial charge in [-0.1, -0.05) is 0 Å². The molecule has 0 unspecified atom stereocenters. The zero-order chi connectivity index (χ0) is 21.9. The number of nitriles is 1. The number of piperidine rings is 1. The van der Waals surface area contributed by atoms with E-state index in [9.17, 15) is 10.1 Å². The topological polar surface area (TPSA) is 95.2 Å². The van der Waals surface area contributed by atoms with Crippen LogP contribution in [0.5, 0.6) is 5.75 Å². The van der Waals surface area contributed by atoms with Gasteiger partial charge in [0.25, 0.3) is 5.91 Å². The minimum atomic E-state index is -1.92. The third kappa shape index (κ3) is 3.08. The van der Waals surface area contributed by atoms with E-state index in [4.69, 9.17) is 4.74 Å². The Morgan fingerprint density at radius 2 is 2.06 bits per heavy atom. The molecule has 4 aliphatic rings. The number of halogens is 1. The fraction of sp³-hybridized carbons (Fsp3) is 0.522. The van der Waals surface area contributed by atoms with E-state index in [1.165, 1.54) is 6.20 Å². The van der Waals surface area contributed by atoms with Crippen molar-refractivity contribution < 1.29 is 13.9 Å². The zero-order valence-electron chi connectivity index (χ0n) is 17.6. The van der Waals surface area contributed by atoms with E-state index in [1.54, 1.807) is 17.4 Å². The highest BCUT2D eigenvalue weighted by atomic mass is 19.1. The molecule has 8 nitrogen and oxygen atoms in total. The summed E-state index contributed by atoms with van der Waals surface area (Å²) in [6, 6.07) is 3.80. The predicted octanol–water partition coefficient (Wildman–Crippen LogP) is 2.66. The number of hydrogen-bond acceptors (Lipinski definition) is 7. The lowest BCUT2D eigenvalue weighted by Gasteiger charge is -2.39. The quantitative estimate of drug-likeness (QED) is 0.733. The van der Waals surface area contributed by atoms with Crippen LogP contribution in [0, 0.1) is 11.3 Å². The fourth-order valence-corrected chi connectivity index (χ4v) is 5.18. The Balaban J connectivity index is 1.19. The number of carbonyl (C=O) groups is 1. The van der Waals surface area contributed by atoms with Gasteiger partial charge in [-0.15, -0.1) is 0 Å². The van der Waals surface area contributed by atoms with E-state index in [0.717, 1.165) is 24.4 Å². The Morgan fingerprint density at radius 3 is 2.81 bits per heavy atom. The Morgan fingerprint density at radius 1 is 1.25 bits per heavy atom. The summed E-state index contributed by atoms with van der Waals surface area (Å²) in [4.78, 5) is 29.9. The molecule has 164 valence electrons. The molecule has 2 saturated heterocycles. The highest BCUT2D eigenvalue weighted by Crippen LogP contribution is 2.46. The van der Waals surface area contributed by atoms with E-state index in [0.29, 0.717) is 48.8 Å². The van der Waals surface area contributed by atoms with Gasteiger partial charge in [-0.3, -0.25) is 9.78 Å². The molecule has 2 aromatic rings. The van der Waals surface area contributed by atoms with Crippen LogP contribution in [0.2, 0.25) is 0 Å². The van der Waals surface area contributed by atoms with Crippen molar-refractivity contribution in [3.63, 3.8) is 0 Å². The van der Waals surface area contributed by atoms with Crippen molar-refractivity contribution in [2.75, 3.05) is 24.5 Å². The molecule has 1 amide bonds. The fourth-order valence-electron chi connectivity index (χ4n) is 5.18. The normalized spacial score (nSPS) is 25.6. The third-order valence-corrected chi connectivity index (χ3v) is 7.14. The number of hydrogen-bond donors (Lipinski definition) is 0. The van der Waals surface area contributed by atoms with E-state index >= 15 is 4.39 Å². The largest absolute Gasteiger partial charge is 0.487 e. The van der Waals surface area contributed by atoms with Crippen molar-refractivity contribution >= 4 is 11.7 Å². The SMILES string of the molecule is N#Cc1cncc2c1O[C@H]1C[C@@H]2N(C(=O)C2(F)CCN(c3cc(C4CC4)ncn3)CC2)C1. The molecule has 1 saturated carbocycles. The number of likely N-dealkylation sites (tertiary alicyclic amines) is 1. The van der Waals surface area contributed by atoms with Crippen LogP contribution < -0.4 is 9.64 Å². The van der Waals surface area contributed by atoms with Gasteiger partial charge in [0.05, 0.1) is 12.6 Å². The predicted molar refractivity (Wildman–Crippen MR) is 112 cm³/mol. The summed E-state index contributed by atoms with van der Waals surface area (Å²) in [5.41, 5.74) is 0.184. The van der Waals surface area contributed by atoms with Gasteiger partial charge in [0.15, 0.2) is 5.67 Å². The lowest BCUT2D eigenvalue weighted by Crippen LogP contribution is -2.52. The molecule has 32 heavy (non-hydrogen) atoms. The third-order valence-electron chi connectivity index (χ3n) is 7.14. The summed E-state index contributed by atoms with van der Waals surface area (Å²) >= 11 is 0. The van der Waals surface area contributed by atoms with E-state index in [-0.39, 0.29) is 25.0 Å². The average Bonchev–Trinajstić information content (AvgIpc) is 3.62. The summed E-state index contributed by atoms with van der Waals surface area (Å²) < 4.78 is 21.9. The van der Waals surface area contributed by atoms with Gasteiger partial charge in [0.1, 0.15) is 35.6 Å². The number of fused-ring (bicyclic) bond motifs is 4. The summed E-state index contributed by atoms with van der Waals surface area (Å²) in [7, 11) is 0. The number of pyridine rings is 1. The molecule has 3 fully saturated rings. The first-order valence-electron chi connectivity index (χ1n) is 11.2. The van der Waals surface area contributed by atoms with Crippen LogP contribution in [0.25, 0.3) is 0 Å². The van der Waals surface area contributed by atoms with E-state index in [2.05, 4.69) is 21.0 Å². The van der Waals surface area contributed by atoms with Crippen LogP contribution in [0.4, 0.5) is 10.2 Å². The molecule has 0 spiro atoms. The van der Waals surface area contributed by atoms with Crippen LogP contribution in [-0.4, -0.2) is 57.2 Å². The van der Waals surface area contributed by atoms with Crippen LogP contribution in [-0.2, 0) is 4.79 Å². The van der Waals surface area contributed by atoms with Crippen molar-refractivity contribution in [2.45, 2.75) is 55.8 Å². The minimum absolute atomic E-state index is 0.118. The van der Waals surface area contributed by atoms with Crippen molar-refractivity contribution in [2.24, 2.45) is 0 Å². The van der Waals surface area contributed by atoms with Crippen molar-refractivity contribution in [3.8, 4) is 11.8 Å². The minimum Gasteiger partial charge on any atom is -0.487 e. The number of ether oxygens (including phenoxy) is 1. The number of rotatable bonds is 3. The molecule has 0 N–H and O–H groups in total. The number of nitrogens with zero attached hydrogens (tertiary/aromatic N) is 6. The molecule has 3 aliphatic heterocycles. The lowest BCUT2D eigenvalue weighted by atomic mass is 9.90. The molecule has 2 bridgehead atoms. The Labute approximate surface area is 185 Å². The van der Waals surface area contributed by atoms with Gasteiger partial charge < -0.3 is 14.5 Å². The first-order chi connectivity index (χ1) is 15.6. The standard InChI is InChI=1S/C23H23FN6O2/c24-23(3-5-29(6-4-23)20-8-18(14-1-2-14)27-13-28-20)22(31)30-12-16-7-19(30)17-11-26-10-15(9-25)21(17)32-16/h8,10-11,13-14,16,19H,1-7,12H2/t16-,19-/m0/s1. The van der Waals surface area contributed by atoms with Crippen LogP contribution in [0.1, 0.15) is 60.9 Å². The van der Waals surface area contributed by atoms with E-state index in [1.807, 2.05) is 11.0 Å². The maximum absolute atomic E-state index is 15.9. The summed E-state index contributed by atoms with van der Waals surface area (Å²) in [5, 5.41) is 9.35. The smallest absolute Gasteiger partial charge is 0.261 e. The second kappa shape index (κ2) is 7.12.